The van der Waals surface area contributed by atoms with Crippen LogP contribution in [0.4, 0.5) is 0 Å². The van der Waals surface area contributed by atoms with E-state index in [1.807, 2.05) is 6.92 Å². The Kier molecular flexibility index (Phi) is 18.3. The van der Waals surface area contributed by atoms with E-state index in [1.165, 1.54) is 38.5 Å². The number of hydrogen-bond donors (Lipinski definition) is 2. The van der Waals surface area contributed by atoms with Crippen LogP contribution in [0.5, 0.6) is 0 Å². The van der Waals surface area contributed by atoms with Gasteiger partial charge in [0.15, 0.2) is 0 Å². The molecule has 4 aliphatic carbocycles. The van der Waals surface area contributed by atoms with Crippen molar-refractivity contribution in [3.05, 3.63) is 0 Å². The number of carbonyl (C=O) groups excluding carboxylic acids is 4. The normalized spacial score (nSPS) is 33.5. The second kappa shape index (κ2) is 21.9. The summed E-state index contributed by atoms with van der Waals surface area (Å²) in [6.07, 6.45) is 17.2. The van der Waals surface area contributed by atoms with Crippen LogP contribution in [-0.2, 0) is 38.1 Å². The van der Waals surface area contributed by atoms with Crippen LogP contribution in [0.3, 0.4) is 0 Å². The molecule has 0 aliphatic heterocycles. The zero-order valence-corrected chi connectivity index (χ0v) is 36.1. The number of esters is 4. The van der Waals surface area contributed by atoms with Gasteiger partial charge in [0.2, 0.25) is 0 Å². The van der Waals surface area contributed by atoms with Crippen molar-refractivity contribution in [2.75, 3.05) is 19.7 Å². The Hall–Kier alpha value is -1.47. The van der Waals surface area contributed by atoms with Crippen LogP contribution in [0.25, 0.3) is 0 Å². The molecule has 0 aromatic carbocycles. The maximum absolute atomic E-state index is 13.3. The van der Waals surface area contributed by atoms with Gasteiger partial charge < -0.3 is 30.4 Å². The summed E-state index contributed by atoms with van der Waals surface area (Å²) in [7, 11) is 0. The molecule has 0 radical (unpaired) electrons. The van der Waals surface area contributed by atoms with Crippen LogP contribution in [0.2, 0.25) is 0 Å². The van der Waals surface area contributed by atoms with E-state index in [2.05, 4.69) is 43.4 Å². The molecule has 4 saturated carbocycles. The zero-order valence-electron chi connectivity index (χ0n) is 34.0. The Labute approximate surface area is 339 Å². The minimum Gasteiger partial charge on any atom is -0.466 e. The molecule has 4 aliphatic rings. The third-order valence-corrected chi connectivity index (χ3v) is 15.6. The van der Waals surface area contributed by atoms with E-state index in [1.54, 1.807) is 0 Å². The molecule has 4 fully saturated rings. The summed E-state index contributed by atoms with van der Waals surface area (Å²) >= 11 is 2.54. The number of unbranched alkanes of at least 4 members (excludes halogenated alkanes) is 7. The lowest BCUT2D eigenvalue weighted by Crippen LogP contribution is -2.63. The van der Waals surface area contributed by atoms with E-state index < -0.39 is 0 Å². The summed E-state index contributed by atoms with van der Waals surface area (Å²) in [6.45, 7) is 9.90. The van der Waals surface area contributed by atoms with E-state index in [-0.39, 0.29) is 112 Å². The van der Waals surface area contributed by atoms with Crippen molar-refractivity contribution in [1.82, 2.24) is 0 Å². The molecule has 4 N–H and O–H groups in total. The van der Waals surface area contributed by atoms with Crippen molar-refractivity contribution < 1.29 is 38.1 Å². The van der Waals surface area contributed by atoms with Gasteiger partial charge in [0.1, 0.15) is 18.3 Å². The molecule has 0 aromatic rings. The number of alkyl halides is 1. The SMILES string of the molecule is CCCCCCCCCCOC(=O)CC[C@@H](I)[C@H]1CC[C@H]2[C@@H]3[C@H](OC(=O)CCC)C[C@@H]4C[C@H](OC(=O)CCN)CC[C@]4(C)[C@H]3C[C@H](OC(=O)CCN)[C@]12C. The Morgan fingerprint density at radius 1 is 0.704 bits per heavy atom. The van der Waals surface area contributed by atoms with Gasteiger partial charge in [-0.3, -0.25) is 19.2 Å². The van der Waals surface area contributed by atoms with Crippen LogP contribution in [-0.4, -0.2) is 65.8 Å². The number of nitrogens with two attached hydrogens (primary N) is 2. The fourth-order valence-corrected chi connectivity index (χ4v) is 12.7. The molecule has 0 heterocycles. The monoisotopic (exact) mass is 872 g/mol. The van der Waals surface area contributed by atoms with Crippen molar-refractivity contribution in [3.8, 4) is 0 Å². The maximum Gasteiger partial charge on any atom is 0.307 e. The van der Waals surface area contributed by atoms with Crippen molar-refractivity contribution in [2.45, 2.75) is 185 Å². The highest BCUT2D eigenvalue weighted by atomic mass is 127. The first-order chi connectivity index (χ1) is 25.9. The number of halogens is 1. The summed E-state index contributed by atoms with van der Waals surface area (Å²) in [4.78, 5) is 51.8. The van der Waals surface area contributed by atoms with Gasteiger partial charge in [-0.15, -0.1) is 0 Å². The van der Waals surface area contributed by atoms with Gasteiger partial charge in [0.05, 0.1) is 19.4 Å². The Morgan fingerprint density at radius 2 is 1.35 bits per heavy atom. The average molecular weight is 873 g/mol. The molecule has 0 spiro atoms. The summed E-state index contributed by atoms with van der Waals surface area (Å²) in [5.41, 5.74) is 11.0. The molecular formula is C43H73IN2O8. The smallest absolute Gasteiger partial charge is 0.307 e. The van der Waals surface area contributed by atoms with Gasteiger partial charge in [-0.2, -0.15) is 0 Å². The number of hydrogen-bond acceptors (Lipinski definition) is 10. The molecule has 4 rings (SSSR count). The Morgan fingerprint density at radius 3 is 2.02 bits per heavy atom. The Balaban J connectivity index is 1.50. The van der Waals surface area contributed by atoms with Crippen molar-refractivity contribution >= 4 is 46.5 Å². The predicted octanol–water partition coefficient (Wildman–Crippen LogP) is 8.37. The lowest BCUT2D eigenvalue weighted by molar-refractivity contribution is -0.223. The predicted molar refractivity (Wildman–Crippen MR) is 218 cm³/mol. The first-order valence-corrected chi connectivity index (χ1v) is 23.0. The third kappa shape index (κ3) is 11.3. The summed E-state index contributed by atoms with van der Waals surface area (Å²) in [5.74, 6) is 0.0812. The van der Waals surface area contributed by atoms with Crippen LogP contribution in [0, 0.1) is 40.4 Å². The van der Waals surface area contributed by atoms with Crippen molar-refractivity contribution in [2.24, 2.45) is 51.9 Å². The molecule has 11 atom stereocenters. The first kappa shape index (κ1) is 45.2. The highest BCUT2D eigenvalue weighted by molar-refractivity contribution is 14.1. The lowest BCUT2D eigenvalue weighted by Gasteiger charge is -2.64. The van der Waals surface area contributed by atoms with Crippen LogP contribution in [0.15, 0.2) is 0 Å². The van der Waals surface area contributed by atoms with Crippen molar-refractivity contribution in [3.63, 3.8) is 0 Å². The van der Waals surface area contributed by atoms with Crippen LogP contribution in [0.1, 0.15) is 163 Å². The molecule has 0 aromatic heterocycles. The molecule has 310 valence electrons. The molecule has 54 heavy (non-hydrogen) atoms. The summed E-state index contributed by atoms with van der Waals surface area (Å²) in [5, 5.41) is 0. The minimum absolute atomic E-state index is 0.0877. The van der Waals surface area contributed by atoms with E-state index in [0.29, 0.717) is 32.3 Å². The molecule has 0 saturated heterocycles. The molecular weight excluding hydrogens is 799 g/mol. The zero-order chi connectivity index (χ0) is 39.3. The number of ether oxygens (including phenoxy) is 4. The van der Waals surface area contributed by atoms with Gasteiger partial charge in [-0.25, -0.2) is 0 Å². The molecule has 0 amide bonds. The number of fused-ring (bicyclic) bond motifs is 5. The number of carbonyl (C=O) groups is 4. The van der Waals surface area contributed by atoms with Crippen LogP contribution < -0.4 is 11.5 Å². The van der Waals surface area contributed by atoms with Crippen LogP contribution >= 0.6 is 22.6 Å². The highest BCUT2D eigenvalue weighted by Gasteiger charge is 2.68. The van der Waals surface area contributed by atoms with Gasteiger partial charge >= 0.3 is 23.9 Å². The van der Waals surface area contributed by atoms with Crippen molar-refractivity contribution in [1.29, 1.82) is 0 Å². The fourth-order valence-electron chi connectivity index (χ4n) is 11.2. The van der Waals surface area contributed by atoms with E-state index in [9.17, 15) is 19.2 Å². The molecule has 0 unspecified atom stereocenters. The second-order valence-corrected chi connectivity index (χ2v) is 19.1. The molecule has 0 bridgehead atoms. The topological polar surface area (TPSA) is 157 Å². The summed E-state index contributed by atoms with van der Waals surface area (Å²) in [6, 6.07) is 0. The van der Waals surface area contributed by atoms with E-state index in [4.69, 9.17) is 30.4 Å². The molecule has 11 heteroatoms. The quantitative estimate of drug-likeness (QED) is 0.0356. The van der Waals surface area contributed by atoms with Gasteiger partial charge in [0, 0.05) is 41.2 Å². The third-order valence-electron chi connectivity index (χ3n) is 14.1. The lowest BCUT2D eigenvalue weighted by atomic mass is 9.43. The van der Waals surface area contributed by atoms with Gasteiger partial charge in [-0.1, -0.05) is 95.2 Å². The van der Waals surface area contributed by atoms with E-state index in [0.717, 1.165) is 57.8 Å². The molecule has 10 nitrogen and oxygen atoms in total. The number of rotatable bonds is 22. The largest absolute Gasteiger partial charge is 0.466 e. The fraction of sp³-hybridized carbons (Fsp3) is 0.907. The Bertz CT molecular complexity index is 1220. The van der Waals surface area contributed by atoms with Gasteiger partial charge in [0.25, 0.3) is 0 Å². The highest BCUT2D eigenvalue weighted by Crippen LogP contribution is 2.69. The second-order valence-electron chi connectivity index (χ2n) is 17.5. The standard InChI is InChI=1S/C43H73IN2O8/c1-5-7-8-9-10-11-12-13-25-51-37(47)18-17-34(44)31-15-16-32-41-33(28-36(43(31,32)4)54-40(50)21-24-46)42(3)22-19-30(52-39(49)20-23-45)26-29(42)27-35(41)53-38(48)14-6-2/h29-36,41H,5-28,45-46H2,1-4H3/t29-,30+,31+,32-,33-,34+,35+,36-,41-,42-,43+/m0/s1. The van der Waals surface area contributed by atoms with E-state index >= 15 is 0 Å². The first-order valence-electron chi connectivity index (χ1n) is 21.7. The minimum atomic E-state index is -0.355. The maximum atomic E-state index is 13.3. The van der Waals surface area contributed by atoms with Gasteiger partial charge in [-0.05, 0) is 93.3 Å². The summed E-state index contributed by atoms with van der Waals surface area (Å²) < 4.78 is 24.7. The average Bonchev–Trinajstić information content (AvgIpc) is 3.49.